The number of nitriles is 1. The van der Waals surface area contributed by atoms with Crippen molar-refractivity contribution >= 4 is 34.3 Å². The van der Waals surface area contributed by atoms with Crippen molar-refractivity contribution in [1.29, 1.82) is 5.26 Å². The van der Waals surface area contributed by atoms with Crippen molar-refractivity contribution < 1.29 is 0 Å². The molecule has 4 heterocycles. The van der Waals surface area contributed by atoms with Gasteiger partial charge in [0.2, 0.25) is 5.95 Å². The highest BCUT2D eigenvalue weighted by molar-refractivity contribution is 5.81. The summed E-state index contributed by atoms with van der Waals surface area (Å²) in [5.74, 6) is 0.389. The van der Waals surface area contributed by atoms with Crippen molar-refractivity contribution in [3.05, 3.63) is 29.6 Å². The molecule has 150 valence electrons. The molecule has 0 saturated carbocycles. The van der Waals surface area contributed by atoms with Crippen LogP contribution >= 0.6 is 0 Å². The van der Waals surface area contributed by atoms with Gasteiger partial charge in [-0.15, -0.1) is 0 Å². The summed E-state index contributed by atoms with van der Waals surface area (Å²) >= 11 is 0. The topological polar surface area (TPSA) is 147 Å². The van der Waals surface area contributed by atoms with Gasteiger partial charge in [0.05, 0.1) is 28.5 Å². The minimum atomic E-state index is -0.231. The molecule has 0 amide bonds. The Bertz CT molecular complexity index is 1090. The molecule has 0 unspecified atom stereocenters. The van der Waals surface area contributed by atoms with Gasteiger partial charge in [-0.2, -0.15) is 15.2 Å². The Morgan fingerprint density at radius 1 is 1.24 bits per heavy atom. The van der Waals surface area contributed by atoms with E-state index >= 15 is 0 Å². The Morgan fingerprint density at radius 2 is 2.00 bits per heavy atom. The molecule has 1 fully saturated rings. The van der Waals surface area contributed by atoms with Crippen LogP contribution in [-0.4, -0.2) is 45.7 Å². The zero-order valence-corrected chi connectivity index (χ0v) is 16.5. The van der Waals surface area contributed by atoms with Crippen LogP contribution < -0.4 is 27.0 Å². The minimum Gasteiger partial charge on any atom is -0.382 e. The predicted octanol–water partition coefficient (Wildman–Crippen LogP) is 0.982. The first-order chi connectivity index (χ1) is 14.0. The number of fused-ring (bicyclic) bond motifs is 1. The van der Waals surface area contributed by atoms with Gasteiger partial charge in [-0.25, -0.2) is 4.98 Å². The number of nitrogen functional groups attached to an aromatic ring is 2. The van der Waals surface area contributed by atoms with Gasteiger partial charge in [-0.05, 0) is 19.1 Å². The summed E-state index contributed by atoms with van der Waals surface area (Å²) in [4.78, 5) is 15.3. The smallest absolute Gasteiger partial charge is 0.224 e. The SMILES string of the molecule is C[C@H](Nc1nc(N)nc(N)c1C#N)c1nc2ccn(C)c2cc1N1CCNCC1. The molecule has 3 aromatic rings. The van der Waals surface area contributed by atoms with E-state index in [4.69, 9.17) is 16.5 Å². The molecule has 0 bridgehead atoms. The molecule has 4 rings (SSSR count). The first-order valence-corrected chi connectivity index (χ1v) is 9.49. The number of piperazine rings is 1. The van der Waals surface area contributed by atoms with Crippen LogP contribution in [0.2, 0.25) is 0 Å². The third-order valence-electron chi connectivity index (χ3n) is 5.16. The predicted molar refractivity (Wildman–Crippen MR) is 113 cm³/mol. The first kappa shape index (κ1) is 18.8. The van der Waals surface area contributed by atoms with Crippen LogP contribution in [-0.2, 0) is 7.05 Å². The van der Waals surface area contributed by atoms with E-state index in [2.05, 4.69) is 36.1 Å². The van der Waals surface area contributed by atoms with E-state index in [9.17, 15) is 5.26 Å². The van der Waals surface area contributed by atoms with Gasteiger partial charge in [-0.1, -0.05) is 0 Å². The lowest BCUT2D eigenvalue weighted by molar-refractivity contribution is 0.585. The number of hydrogen-bond acceptors (Lipinski definition) is 9. The van der Waals surface area contributed by atoms with E-state index < -0.39 is 0 Å². The average molecular weight is 392 g/mol. The van der Waals surface area contributed by atoms with E-state index in [1.165, 1.54) is 0 Å². The van der Waals surface area contributed by atoms with Crippen LogP contribution in [0.3, 0.4) is 0 Å². The molecule has 1 aliphatic heterocycles. The Morgan fingerprint density at radius 3 is 2.72 bits per heavy atom. The number of nitrogens with one attached hydrogen (secondary N) is 2. The Labute approximate surface area is 168 Å². The second-order valence-electron chi connectivity index (χ2n) is 7.13. The van der Waals surface area contributed by atoms with Gasteiger partial charge in [0.25, 0.3) is 0 Å². The normalized spacial score (nSPS) is 15.3. The van der Waals surface area contributed by atoms with Gasteiger partial charge >= 0.3 is 0 Å². The van der Waals surface area contributed by atoms with E-state index in [0.717, 1.165) is 48.6 Å². The van der Waals surface area contributed by atoms with E-state index in [-0.39, 0.29) is 23.4 Å². The highest BCUT2D eigenvalue weighted by Gasteiger charge is 2.22. The summed E-state index contributed by atoms with van der Waals surface area (Å²) in [6.07, 6.45) is 2.00. The van der Waals surface area contributed by atoms with Crippen molar-refractivity contribution in [2.24, 2.45) is 7.05 Å². The number of nitrogens with zero attached hydrogens (tertiary/aromatic N) is 6. The Balaban J connectivity index is 1.77. The van der Waals surface area contributed by atoms with Crippen molar-refractivity contribution in [1.82, 2.24) is 24.8 Å². The fourth-order valence-electron chi connectivity index (χ4n) is 3.65. The molecule has 3 aromatic heterocycles. The molecule has 29 heavy (non-hydrogen) atoms. The van der Waals surface area contributed by atoms with Crippen LogP contribution in [0.1, 0.15) is 24.2 Å². The lowest BCUT2D eigenvalue weighted by Crippen LogP contribution is -2.44. The van der Waals surface area contributed by atoms with Crippen molar-refractivity contribution in [3.8, 4) is 6.07 Å². The molecule has 0 aliphatic carbocycles. The fourth-order valence-corrected chi connectivity index (χ4v) is 3.65. The Kier molecular flexibility index (Phi) is 4.82. The lowest BCUT2D eigenvalue weighted by Gasteiger charge is -2.32. The number of rotatable bonds is 4. The minimum absolute atomic E-state index is 0.0185. The highest BCUT2D eigenvalue weighted by atomic mass is 15.2. The molecule has 1 atom stereocenters. The molecule has 0 spiro atoms. The van der Waals surface area contributed by atoms with E-state index in [1.54, 1.807) is 0 Å². The van der Waals surface area contributed by atoms with E-state index in [1.807, 2.05) is 32.3 Å². The molecule has 1 saturated heterocycles. The Hall–Kier alpha value is -3.58. The van der Waals surface area contributed by atoms with Gasteiger partial charge in [0.1, 0.15) is 17.5 Å². The third-order valence-corrected chi connectivity index (χ3v) is 5.16. The van der Waals surface area contributed by atoms with Crippen LogP contribution in [0.15, 0.2) is 18.3 Å². The monoisotopic (exact) mass is 392 g/mol. The van der Waals surface area contributed by atoms with Crippen LogP contribution in [0.25, 0.3) is 11.0 Å². The molecule has 10 heteroatoms. The fraction of sp³-hybridized carbons (Fsp3) is 0.368. The molecule has 10 nitrogen and oxygen atoms in total. The maximum Gasteiger partial charge on any atom is 0.224 e. The van der Waals surface area contributed by atoms with Crippen molar-refractivity contribution in [2.75, 3.05) is 47.9 Å². The molecular formula is C19H24N10. The number of aromatic nitrogens is 4. The molecule has 1 aliphatic rings. The largest absolute Gasteiger partial charge is 0.382 e. The van der Waals surface area contributed by atoms with Gasteiger partial charge in [-0.3, -0.25) is 0 Å². The van der Waals surface area contributed by atoms with Crippen molar-refractivity contribution in [2.45, 2.75) is 13.0 Å². The summed E-state index contributed by atoms with van der Waals surface area (Å²) in [6, 6.07) is 5.99. The number of anilines is 4. The maximum absolute atomic E-state index is 9.45. The maximum atomic E-state index is 9.45. The van der Waals surface area contributed by atoms with Crippen LogP contribution in [0.5, 0.6) is 0 Å². The second-order valence-corrected chi connectivity index (χ2v) is 7.13. The first-order valence-electron chi connectivity index (χ1n) is 9.49. The molecular weight excluding hydrogens is 368 g/mol. The van der Waals surface area contributed by atoms with Gasteiger partial charge in [0, 0.05) is 39.4 Å². The van der Waals surface area contributed by atoms with Crippen molar-refractivity contribution in [3.63, 3.8) is 0 Å². The average Bonchev–Trinajstić information content (AvgIpc) is 3.07. The molecule has 0 radical (unpaired) electrons. The zero-order chi connectivity index (χ0) is 20.5. The van der Waals surface area contributed by atoms with Gasteiger partial charge in [0.15, 0.2) is 5.82 Å². The highest BCUT2D eigenvalue weighted by Crippen LogP contribution is 2.32. The third kappa shape index (κ3) is 3.48. The van der Waals surface area contributed by atoms with Gasteiger partial charge < -0.3 is 31.6 Å². The van der Waals surface area contributed by atoms with Crippen LogP contribution in [0, 0.1) is 11.3 Å². The quantitative estimate of drug-likeness (QED) is 0.510. The summed E-state index contributed by atoms with van der Waals surface area (Å²) in [5, 5.41) is 16.1. The number of aryl methyl sites for hydroxylation is 1. The number of pyridine rings is 1. The standard InChI is InChI=1S/C19H24N10/c1-11(24-18-12(10-20)17(21)26-19(22)27-18)16-15(29-7-4-23-5-8-29)9-14-13(25-16)3-6-28(14)2/h3,6,9,11,23H,4-5,7-8H2,1-2H3,(H5,21,22,24,26,27)/t11-/m0/s1. The molecule has 0 aromatic carbocycles. The number of nitrogens with two attached hydrogens (primary N) is 2. The molecule has 6 N–H and O–H groups in total. The zero-order valence-electron chi connectivity index (χ0n) is 16.5. The lowest BCUT2D eigenvalue weighted by atomic mass is 10.1. The summed E-state index contributed by atoms with van der Waals surface area (Å²) < 4.78 is 2.06. The summed E-state index contributed by atoms with van der Waals surface area (Å²) in [6.45, 7) is 5.62. The summed E-state index contributed by atoms with van der Waals surface area (Å²) in [7, 11) is 2.01. The van der Waals surface area contributed by atoms with E-state index in [0.29, 0.717) is 5.82 Å². The number of hydrogen-bond donors (Lipinski definition) is 4. The summed E-state index contributed by atoms with van der Waals surface area (Å²) in [5.41, 5.74) is 15.7. The van der Waals surface area contributed by atoms with Crippen LogP contribution in [0.4, 0.5) is 23.3 Å². The second kappa shape index (κ2) is 7.44.